The van der Waals surface area contributed by atoms with Crippen LogP contribution in [0.25, 0.3) is 21.5 Å². The lowest BCUT2D eigenvalue weighted by atomic mass is 9.85. The van der Waals surface area contributed by atoms with Gasteiger partial charge in [-0.3, -0.25) is 33.7 Å². The van der Waals surface area contributed by atoms with Gasteiger partial charge < -0.3 is 27.8 Å². The molecule has 0 aliphatic carbocycles. The fourth-order valence-electron chi connectivity index (χ4n) is 10.6. The normalized spacial score (nSPS) is 15.9. The zero-order valence-corrected chi connectivity index (χ0v) is 41.0. The van der Waals surface area contributed by atoms with Gasteiger partial charge >= 0.3 is 8.80 Å². The molecule has 6 aromatic rings. The van der Waals surface area contributed by atoms with Crippen LogP contribution in [0.15, 0.2) is 91.0 Å². The van der Waals surface area contributed by atoms with Crippen LogP contribution in [0.5, 0.6) is 5.75 Å². The number of carbonyl (C=O) groups excluding carboxylic acids is 6. The van der Waals surface area contributed by atoms with Crippen LogP contribution >= 0.6 is 0 Å². The highest BCUT2D eigenvalue weighted by Gasteiger charge is 2.44. The Balaban J connectivity index is 0.904. The zero-order valence-electron chi connectivity index (χ0n) is 40.0. The third-order valence-electron chi connectivity index (χ3n) is 13.9. The van der Waals surface area contributed by atoms with E-state index in [1.807, 2.05) is 51.1 Å². The van der Waals surface area contributed by atoms with E-state index in [2.05, 4.69) is 21.9 Å². The lowest BCUT2D eigenvalue weighted by Crippen LogP contribution is -2.47. The number of aryl methyl sites for hydroxylation is 2. The molecule has 0 atom stereocenters. The number of ether oxygens (including phenoxy) is 1. The van der Waals surface area contributed by atoms with Crippen LogP contribution in [0.3, 0.4) is 0 Å². The number of nitrogens with zero attached hydrogens (tertiary/aromatic N) is 5. The first-order valence-electron chi connectivity index (χ1n) is 23.8. The highest BCUT2D eigenvalue weighted by atomic mass is 28.4. The maximum absolute atomic E-state index is 14.6. The molecule has 0 saturated carbocycles. The van der Waals surface area contributed by atoms with E-state index in [0.717, 1.165) is 53.6 Å². The summed E-state index contributed by atoms with van der Waals surface area (Å²) in [5.41, 5.74) is 5.20. The lowest BCUT2D eigenvalue weighted by Gasteiger charge is -2.38. The number of hydrogen-bond donors (Lipinski definition) is 0. The molecule has 4 aliphatic heterocycles. The number of piperazine rings is 1. The largest absolute Gasteiger partial charge is 0.500 e. The van der Waals surface area contributed by atoms with Gasteiger partial charge in [0.05, 0.1) is 18.5 Å². The number of hydrogen-bond acceptors (Lipinski definition) is 12. The van der Waals surface area contributed by atoms with Crippen molar-refractivity contribution < 1.29 is 46.8 Å². The third-order valence-corrected chi connectivity index (χ3v) is 17.0. The van der Waals surface area contributed by atoms with Crippen molar-refractivity contribution in [2.45, 2.75) is 47.1 Å². The summed E-state index contributed by atoms with van der Waals surface area (Å²) < 4.78 is 23.3. The van der Waals surface area contributed by atoms with E-state index in [0.29, 0.717) is 65.6 Å². The summed E-state index contributed by atoms with van der Waals surface area (Å²) in [5.74, 6) is -2.46. The van der Waals surface area contributed by atoms with Crippen LogP contribution in [0.4, 0.5) is 22.7 Å². The molecule has 70 heavy (non-hydrogen) atoms. The molecule has 0 N–H and O–H groups in total. The van der Waals surface area contributed by atoms with E-state index in [4.69, 9.17) is 18.0 Å². The molecule has 6 amide bonds. The standard InChI is InChI=1S/C54H53N5O10Si/c1-7-67-70(68-8-2,69-9-3)29-11-24-57-49(60)39-18-20-41-48-42(21-19-40(47(39)48)50(57)61)54(65)59(53(41)64)45-31-32(4)44(30-33(45)5)58-51(62)37-13-10-12-36-43(23-22-38(46(36)37)52(58)63)56-27-25-55(26-28-56)34-14-16-35(66-6)17-15-34/h10,12-23,30-31H,7-9,11,24-29H2,1-6H3. The van der Waals surface area contributed by atoms with Crippen LogP contribution in [0, 0.1) is 13.8 Å². The summed E-state index contributed by atoms with van der Waals surface area (Å²) in [6.07, 6.45) is 0.387. The second kappa shape index (κ2) is 18.3. The molecule has 6 aromatic carbocycles. The van der Waals surface area contributed by atoms with Gasteiger partial charge in [-0.25, -0.2) is 9.80 Å². The van der Waals surface area contributed by atoms with Crippen molar-refractivity contribution in [3.05, 3.63) is 136 Å². The van der Waals surface area contributed by atoms with Crippen molar-refractivity contribution in [1.82, 2.24) is 4.90 Å². The Morgan fingerprint density at radius 1 is 0.500 bits per heavy atom. The van der Waals surface area contributed by atoms with Gasteiger partial charge in [-0.2, -0.15) is 0 Å². The number of rotatable bonds is 15. The Morgan fingerprint density at radius 2 is 0.943 bits per heavy atom. The first kappa shape index (κ1) is 46.5. The average molecular weight is 960 g/mol. The molecule has 1 fully saturated rings. The van der Waals surface area contributed by atoms with Gasteiger partial charge in [-0.1, -0.05) is 12.1 Å². The highest BCUT2D eigenvalue weighted by molar-refractivity contribution is 6.60. The summed E-state index contributed by atoms with van der Waals surface area (Å²) in [7, 11) is -1.39. The van der Waals surface area contributed by atoms with Gasteiger partial charge in [0.25, 0.3) is 35.4 Å². The molecule has 15 nitrogen and oxygen atoms in total. The Labute approximate surface area is 406 Å². The van der Waals surface area contributed by atoms with Crippen LogP contribution in [-0.2, 0) is 13.3 Å². The second-order valence-corrected chi connectivity index (χ2v) is 20.5. The molecule has 0 spiro atoms. The molecule has 4 heterocycles. The number of anilines is 4. The number of imide groups is 3. The van der Waals surface area contributed by atoms with Gasteiger partial charge in [0.1, 0.15) is 5.75 Å². The number of methoxy groups -OCH3 is 1. The fourth-order valence-corrected chi connectivity index (χ4v) is 13.2. The summed E-state index contributed by atoms with van der Waals surface area (Å²) >= 11 is 0. The van der Waals surface area contributed by atoms with Gasteiger partial charge in [-0.05, 0) is 131 Å². The van der Waals surface area contributed by atoms with E-state index < -0.39 is 44.2 Å². The zero-order chi connectivity index (χ0) is 49.2. The Kier molecular flexibility index (Phi) is 12.1. The monoisotopic (exact) mass is 959 g/mol. The topological polar surface area (TPSA) is 156 Å². The molecule has 10 rings (SSSR count). The van der Waals surface area contributed by atoms with Gasteiger partial charge in [0.2, 0.25) is 0 Å². The predicted molar refractivity (Wildman–Crippen MR) is 269 cm³/mol. The molecule has 0 bridgehead atoms. The van der Waals surface area contributed by atoms with Crippen LogP contribution in [0.2, 0.25) is 6.04 Å². The Morgan fingerprint density at radius 3 is 1.43 bits per heavy atom. The summed E-state index contributed by atoms with van der Waals surface area (Å²) in [5, 5.41) is 1.96. The van der Waals surface area contributed by atoms with Crippen LogP contribution in [-0.4, -0.2) is 109 Å². The molecule has 0 radical (unpaired) electrons. The smallest absolute Gasteiger partial charge is 0.497 e. The van der Waals surface area contributed by atoms with Gasteiger partial charge in [-0.15, -0.1) is 0 Å². The first-order valence-corrected chi connectivity index (χ1v) is 25.7. The molecular formula is C54H53N5O10Si. The van der Waals surface area contributed by atoms with Crippen molar-refractivity contribution in [3.63, 3.8) is 0 Å². The van der Waals surface area contributed by atoms with Gasteiger partial charge in [0.15, 0.2) is 0 Å². The fraction of sp³-hybridized carbons (Fsp3) is 0.296. The molecule has 1 saturated heterocycles. The van der Waals surface area contributed by atoms with Gasteiger partial charge in [0, 0.05) is 125 Å². The number of amides is 6. The second-order valence-electron chi connectivity index (χ2n) is 17.8. The highest BCUT2D eigenvalue weighted by Crippen LogP contribution is 2.43. The third kappa shape index (κ3) is 7.44. The van der Waals surface area contributed by atoms with E-state index in [1.54, 1.807) is 57.4 Å². The minimum Gasteiger partial charge on any atom is -0.497 e. The van der Waals surface area contributed by atoms with Crippen molar-refractivity contribution in [2.24, 2.45) is 0 Å². The molecular weight excluding hydrogens is 907 g/mol. The van der Waals surface area contributed by atoms with Crippen molar-refractivity contribution in [1.29, 1.82) is 0 Å². The quantitative estimate of drug-likeness (QED) is 0.0715. The average Bonchev–Trinajstić information content (AvgIpc) is 3.36. The number of benzene rings is 6. The molecule has 0 aromatic heterocycles. The summed E-state index contributed by atoms with van der Waals surface area (Å²) in [4.78, 5) is 94.5. The minimum atomic E-state index is -3.04. The molecule has 0 unspecified atom stereocenters. The molecule has 16 heteroatoms. The van der Waals surface area contributed by atoms with Crippen molar-refractivity contribution >= 4 is 88.5 Å². The minimum absolute atomic E-state index is 0.0904. The number of carbonyl (C=O) groups is 6. The van der Waals surface area contributed by atoms with E-state index in [1.165, 1.54) is 21.9 Å². The van der Waals surface area contributed by atoms with Crippen LogP contribution in [0.1, 0.15) is 100 Å². The van der Waals surface area contributed by atoms with E-state index in [-0.39, 0.29) is 45.3 Å². The Bertz CT molecular complexity index is 3090. The lowest BCUT2D eigenvalue weighted by molar-refractivity contribution is 0.0577. The maximum Gasteiger partial charge on any atom is 0.500 e. The van der Waals surface area contributed by atoms with Crippen molar-refractivity contribution in [3.8, 4) is 5.75 Å². The maximum atomic E-state index is 14.6. The predicted octanol–water partition coefficient (Wildman–Crippen LogP) is 8.58. The SMILES string of the molecule is CCO[Si](CCCN1C(=O)c2ccc3c4c(ccc(c24)C1=O)C(=O)N(c1cc(C)c(N2C(=O)c4cccc5c(N6CCN(c7ccc(OC)cc7)CC6)ccc(c45)C2=O)cc1C)C3=O)(OCC)OCC. The molecule has 4 aliphatic rings. The van der Waals surface area contributed by atoms with Crippen LogP contribution < -0.4 is 24.3 Å². The summed E-state index contributed by atoms with van der Waals surface area (Å²) in [6, 6.07) is 27.2. The summed E-state index contributed by atoms with van der Waals surface area (Å²) in [6.45, 7) is 13.4. The van der Waals surface area contributed by atoms with E-state index >= 15 is 0 Å². The molecule has 358 valence electrons. The van der Waals surface area contributed by atoms with Crippen molar-refractivity contribution in [2.75, 3.05) is 79.3 Å². The Hall–Kier alpha value is -7.24. The van der Waals surface area contributed by atoms with E-state index in [9.17, 15) is 28.8 Å². The first-order chi connectivity index (χ1) is 33.8.